The number of hydrogen-bond acceptors (Lipinski definition) is 4. The summed E-state index contributed by atoms with van der Waals surface area (Å²) in [6, 6.07) is 3.23. The summed E-state index contributed by atoms with van der Waals surface area (Å²) < 4.78 is 44.8. The van der Waals surface area contributed by atoms with E-state index in [2.05, 4.69) is 4.72 Å². The highest BCUT2D eigenvalue weighted by Gasteiger charge is 2.22. The highest BCUT2D eigenvalue weighted by molar-refractivity contribution is 7.89. The third kappa shape index (κ3) is 2.98. The zero-order valence-electron chi connectivity index (χ0n) is 9.73. The van der Waals surface area contributed by atoms with Crippen molar-refractivity contribution >= 4 is 15.7 Å². The summed E-state index contributed by atoms with van der Waals surface area (Å²) in [6.45, 7) is 1.08. The molecule has 3 N–H and O–H groups in total. The Morgan fingerprint density at radius 3 is 2.61 bits per heavy atom. The van der Waals surface area contributed by atoms with Gasteiger partial charge in [0.05, 0.1) is 10.6 Å². The van der Waals surface area contributed by atoms with Crippen LogP contribution in [0.5, 0.6) is 0 Å². The van der Waals surface area contributed by atoms with Gasteiger partial charge in [-0.25, -0.2) is 17.5 Å². The Balaban J connectivity index is 2.16. The molecular weight excluding hydrogens is 259 g/mol. The number of nitrogens with one attached hydrogen (secondary N) is 1. The van der Waals surface area contributed by atoms with Gasteiger partial charge in [0.1, 0.15) is 5.82 Å². The van der Waals surface area contributed by atoms with Crippen LogP contribution in [0.4, 0.5) is 10.1 Å². The van der Waals surface area contributed by atoms with Gasteiger partial charge in [-0.1, -0.05) is 0 Å². The first kappa shape index (κ1) is 13.3. The average Bonchev–Trinajstić information content (AvgIpc) is 2.33. The molecule has 0 aliphatic carbocycles. The average molecular weight is 274 g/mol. The van der Waals surface area contributed by atoms with E-state index in [1.807, 2.05) is 0 Å². The number of nitrogens with two attached hydrogens (primary N) is 1. The third-order valence-corrected chi connectivity index (χ3v) is 4.34. The molecule has 0 unspecified atom stereocenters. The minimum absolute atomic E-state index is 0.0205. The van der Waals surface area contributed by atoms with Crippen molar-refractivity contribution in [3.05, 3.63) is 24.0 Å². The number of benzene rings is 1. The van der Waals surface area contributed by atoms with Crippen molar-refractivity contribution in [2.45, 2.75) is 23.8 Å². The molecule has 0 spiro atoms. The first-order valence-corrected chi connectivity index (χ1v) is 7.12. The first-order valence-electron chi connectivity index (χ1n) is 5.64. The van der Waals surface area contributed by atoms with Crippen molar-refractivity contribution in [2.75, 3.05) is 18.9 Å². The Morgan fingerprint density at radius 2 is 2.00 bits per heavy atom. The quantitative estimate of drug-likeness (QED) is 0.801. The fourth-order valence-electron chi connectivity index (χ4n) is 1.79. The van der Waals surface area contributed by atoms with E-state index in [4.69, 9.17) is 10.5 Å². The predicted octanol–water partition coefficient (Wildman–Crippen LogP) is 0.865. The summed E-state index contributed by atoms with van der Waals surface area (Å²) in [5.74, 6) is -0.625. The van der Waals surface area contributed by atoms with Crippen molar-refractivity contribution in [1.29, 1.82) is 0 Å². The van der Waals surface area contributed by atoms with Crippen LogP contribution in [0.25, 0.3) is 0 Å². The van der Waals surface area contributed by atoms with Crippen molar-refractivity contribution in [1.82, 2.24) is 4.72 Å². The van der Waals surface area contributed by atoms with E-state index < -0.39 is 15.8 Å². The second kappa shape index (κ2) is 5.21. The number of hydrogen-bond donors (Lipinski definition) is 2. The van der Waals surface area contributed by atoms with Crippen molar-refractivity contribution in [3.63, 3.8) is 0 Å². The van der Waals surface area contributed by atoms with Crippen LogP contribution in [-0.2, 0) is 14.8 Å². The van der Waals surface area contributed by atoms with E-state index in [-0.39, 0.29) is 16.6 Å². The van der Waals surface area contributed by atoms with Gasteiger partial charge in [0.15, 0.2) is 0 Å². The Bertz CT molecular complexity index is 527. The summed E-state index contributed by atoms with van der Waals surface area (Å²) in [4.78, 5) is -0.0205. The molecule has 0 saturated carbocycles. The molecule has 5 nitrogen and oxygen atoms in total. The van der Waals surface area contributed by atoms with Gasteiger partial charge < -0.3 is 10.5 Å². The van der Waals surface area contributed by atoms with Crippen LogP contribution in [0.15, 0.2) is 23.1 Å². The van der Waals surface area contributed by atoms with Crippen LogP contribution >= 0.6 is 0 Å². The topological polar surface area (TPSA) is 81.4 Å². The fourth-order valence-corrected chi connectivity index (χ4v) is 3.13. The highest BCUT2D eigenvalue weighted by atomic mass is 32.2. The third-order valence-electron chi connectivity index (χ3n) is 2.82. The van der Waals surface area contributed by atoms with Crippen LogP contribution in [0, 0.1) is 5.82 Å². The second-order valence-electron chi connectivity index (χ2n) is 4.19. The second-order valence-corrected chi connectivity index (χ2v) is 5.91. The van der Waals surface area contributed by atoms with Crippen LogP contribution in [-0.4, -0.2) is 27.7 Å². The lowest BCUT2D eigenvalue weighted by atomic mass is 10.1. The molecule has 1 fully saturated rings. The van der Waals surface area contributed by atoms with Gasteiger partial charge in [0, 0.05) is 19.3 Å². The van der Waals surface area contributed by atoms with E-state index in [0.29, 0.717) is 26.1 Å². The van der Waals surface area contributed by atoms with Gasteiger partial charge in [-0.05, 0) is 31.0 Å². The Hall–Kier alpha value is -1.18. The molecular formula is C11H15FN2O3S. The van der Waals surface area contributed by atoms with Gasteiger partial charge in [-0.15, -0.1) is 0 Å². The number of nitrogen functional groups attached to an aromatic ring is 1. The van der Waals surface area contributed by atoms with E-state index in [0.717, 1.165) is 12.1 Å². The molecule has 1 saturated heterocycles. The van der Waals surface area contributed by atoms with Crippen LogP contribution < -0.4 is 10.5 Å². The van der Waals surface area contributed by atoms with Gasteiger partial charge in [0.2, 0.25) is 10.0 Å². The maximum Gasteiger partial charge on any atom is 0.240 e. The Labute approximate surface area is 105 Å². The van der Waals surface area contributed by atoms with E-state index in [1.165, 1.54) is 6.07 Å². The molecule has 1 aliphatic rings. The molecule has 2 rings (SSSR count). The standard InChI is InChI=1S/C11H15FN2O3S/c12-10-2-1-9(7-11(10)13)18(15,16)14-8-3-5-17-6-4-8/h1-2,7-8,14H,3-6,13H2. The van der Waals surface area contributed by atoms with Crippen LogP contribution in [0.3, 0.4) is 0 Å². The van der Waals surface area contributed by atoms with Gasteiger partial charge >= 0.3 is 0 Å². The molecule has 1 aliphatic heterocycles. The van der Waals surface area contributed by atoms with E-state index in [1.54, 1.807) is 0 Å². The highest BCUT2D eigenvalue weighted by Crippen LogP contribution is 2.18. The molecule has 0 bridgehead atoms. The van der Waals surface area contributed by atoms with Crippen molar-refractivity contribution in [2.24, 2.45) is 0 Å². The molecule has 0 atom stereocenters. The number of anilines is 1. The lowest BCUT2D eigenvalue weighted by Gasteiger charge is -2.23. The molecule has 1 aromatic rings. The van der Waals surface area contributed by atoms with Crippen LogP contribution in [0.1, 0.15) is 12.8 Å². The summed E-state index contributed by atoms with van der Waals surface area (Å²) in [7, 11) is -3.65. The largest absolute Gasteiger partial charge is 0.396 e. The first-order chi connectivity index (χ1) is 8.49. The maximum atomic E-state index is 13.0. The fraction of sp³-hybridized carbons (Fsp3) is 0.455. The van der Waals surface area contributed by atoms with E-state index >= 15 is 0 Å². The monoisotopic (exact) mass is 274 g/mol. The molecule has 1 aromatic carbocycles. The summed E-state index contributed by atoms with van der Waals surface area (Å²) in [5, 5.41) is 0. The molecule has 18 heavy (non-hydrogen) atoms. The minimum Gasteiger partial charge on any atom is -0.396 e. The smallest absolute Gasteiger partial charge is 0.240 e. The van der Waals surface area contributed by atoms with Gasteiger partial charge in [-0.3, -0.25) is 0 Å². The zero-order valence-corrected chi connectivity index (χ0v) is 10.5. The lowest BCUT2D eigenvalue weighted by Crippen LogP contribution is -2.38. The molecule has 0 aromatic heterocycles. The summed E-state index contributed by atoms with van der Waals surface area (Å²) in [5.41, 5.74) is 5.19. The van der Waals surface area contributed by atoms with Crippen molar-refractivity contribution < 1.29 is 17.5 Å². The van der Waals surface area contributed by atoms with Crippen LogP contribution in [0.2, 0.25) is 0 Å². The molecule has 0 radical (unpaired) electrons. The number of ether oxygens (including phenoxy) is 1. The van der Waals surface area contributed by atoms with Gasteiger partial charge in [-0.2, -0.15) is 0 Å². The van der Waals surface area contributed by atoms with Gasteiger partial charge in [0.25, 0.3) is 0 Å². The maximum absolute atomic E-state index is 13.0. The molecule has 7 heteroatoms. The summed E-state index contributed by atoms with van der Waals surface area (Å²) in [6.07, 6.45) is 1.27. The molecule has 100 valence electrons. The molecule has 1 heterocycles. The van der Waals surface area contributed by atoms with Crippen molar-refractivity contribution in [3.8, 4) is 0 Å². The summed E-state index contributed by atoms with van der Waals surface area (Å²) >= 11 is 0. The normalized spacial score (nSPS) is 17.8. The van der Waals surface area contributed by atoms with E-state index in [9.17, 15) is 12.8 Å². The Morgan fingerprint density at radius 1 is 1.33 bits per heavy atom. The zero-order chi connectivity index (χ0) is 13.2. The minimum atomic E-state index is -3.65. The molecule has 0 amide bonds. The number of sulfonamides is 1. The number of rotatable bonds is 3. The Kier molecular flexibility index (Phi) is 3.84. The SMILES string of the molecule is Nc1cc(S(=O)(=O)NC2CCOCC2)ccc1F. The predicted molar refractivity (Wildman–Crippen MR) is 65.0 cm³/mol. The number of halogens is 1. The lowest BCUT2D eigenvalue weighted by molar-refractivity contribution is 0.0832.